The summed E-state index contributed by atoms with van der Waals surface area (Å²) in [5.41, 5.74) is 2.47. The minimum absolute atomic E-state index is 0.0878. The van der Waals surface area contributed by atoms with E-state index >= 15 is 0 Å². The van der Waals surface area contributed by atoms with Crippen molar-refractivity contribution in [2.75, 3.05) is 26.7 Å². The van der Waals surface area contributed by atoms with Crippen LogP contribution < -0.4 is 10.1 Å². The van der Waals surface area contributed by atoms with E-state index in [1.165, 1.54) is 6.42 Å². The van der Waals surface area contributed by atoms with E-state index in [0.717, 1.165) is 49.5 Å². The number of aryl methyl sites for hydroxylation is 2. The first-order valence-corrected chi connectivity index (χ1v) is 9.67. The fourth-order valence-corrected chi connectivity index (χ4v) is 3.54. The summed E-state index contributed by atoms with van der Waals surface area (Å²) in [6, 6.07) is 7.43. The molecule has 1 aromatic heterocycles. The molecule has 0 spiro atoms. The van der Waals surface area contributed by atoms with Crippen molar-refractivity contribution in [1.82, 2.24) is 15.4 Å². The third-order valence-electron chi connectivity index (χ3n) is 5.35. The number of carbonyl (C=O) groups is 1. The maximum absolute atomic E-state index is 12.8. The van der Waals surface area contributed by atoms with Crippen molar-refractivity contribution in [2.45, 2.75) is 39.7 Å². The molecule has 1 N–H and O–H groups in total. The topological polar surface area (TPSA) is 67.6 Å². The number of amides is 1. The second-order valence-corrected chi connectivity index (χ2v) is 7.25. The van der Waals surface area contributed by atoms with Gasteiger partial charge in [0.25, 0.3) is 5.91 Å². The van der Waals surface area contributed by atoms with E-state index in [0.29, 0.717) is 23.8 Å². The molecule has 1 aliphatic heterocycles. The summed E-state index contributed by atoms with van der Waals surface area (Å²) >= 11 is 0. The molecule has 146 valence electrons. The highest BCUT2D eigenvalue weighted by molar-refractivity contribution is 5.94. The predicted molar refractivity (Wildman–Crippen MR) is 104 cm³/mol. The van der Waals surface area contributed by atoms with Gasteiger partial charge in [-0.3, -0.25) is 4.79 Å². The van der Waals surface area contributed by atoms with Gasteiger partial charge in [-0.2, -0.15) is 0 Å². The van der Waals surface area contributed by atoms with Gasteiger partial charge in [-0.1, -0.05) is 11.2 Å². The SMILES string of the molecule is CNCCC1CCN(C(=O)c2cccc(OCc3c(C)noc3C)c2)CC1. The molecule has 0 bridgehead atoms. The number of nitrogens with zero attached hydrogens (tertiary/aromatic N) is 2. The number of hydrogen-bond donors (Lipinski definition) is 1. The molecule has 3 rings (SSSR count). The van der Waals surface area contributed by atoms with E-state index in [4.69, 9.17) is 9.26 Å². The van der Waals surface area contributed by atoms with Crippen LogP contribution in [-0.2, 0) is 6.61 Å². The summed E-state index contributed by atoms with van der Waals surface area (Å²) in [6.45, 7) is 6.86. The standard InChI is InChI=1S/C21H29N3O3/c1-15-20(16(2)27-23-15)14-26-19-6-4-5-18(13-19)21(25)24-11-8-17(9-12-24)7-10-22-3/h4-6,13,17,22H,7-12,14H2,1-3H3. The summed E-state index contributed by atoms with van der Waals surface area (Å²) < 4.78 is 11.0. The number of ether oxygens (including phenoxy) is 1. The van der Waals surface area contributed by atoms with Crippen molar-refractivity contribution in [3.8, 4) is 5.75 Å². The molecule has 27 heavy (non-hydrogen) atoms. The lowest BCUT2D eigenvalue weighted by Gasteiger charge is -2.32. The van der Waals surface area contributed by atoms with Crippen LogP contribution in [0.1, 0.15) is 46.6 Å². The molecule has 6 heteroatoms. The lowest BCUT2D eigenvalue weighted by molar-refractivity contribution is 0.0686. The summed E-state index contributed by atoms with van der Waals surface area (Å²) in [5, 5.41) is 7.15. The fourth-order valence-electron chi connectivity index (χ4n) is 3.54. The molecular formula is C21H29N3O3. The molecule has 2 aromatic rings. The average molecular weight is 371 g/mol. The number of likely N-dealkylation sites (tertiary alicyclic amines) is 1. The molecule has 2 heterocycles. The third kappa shape index (κ3) is 4.89. The third-order valence-corrected chi connectivity index (χ3v) is 5.35. The number of carbonyl (C=O) groups excluding carboxylic acids is 1. The van der Waals surface area contributed by atoms with Crippen LogP contribution in [0.3, 0.4) is 0 Å². The molecule has 1 aromatic carbocycles. The number of rotatable bonds is 7. The van der Waals surface area contributed by atoms with Crippen LogP contribution >= 0.6 is 0 Å². The molecule has 0 aliphatic carbocycles. The lowest BCUT2D eigenvalue weighted by atomic mass is 9.93. The highest BCUT2D eigenvalue weighted by Crippen LogP contribution is 2.23. The van der Waals surface area contributed by atoms with Gasteiger partial charge in [-0.05, 0) is 70.8 Å². The van der Waals surface area contributed by atoms with Gasteiger partial charge < -0.3 is 19.5 Å². The zero-order valence-electron chi connectivity index (χ0n) is 16.5. The molecule has 0 unspecified atom stereocenters. The van der Waals surface area contributed by atoms with Crippen LogP contribution in [0.15, 0.2) is 28.8 Å². The molecule has 0 radical (unpaired) electrons. The Bertz CT molecular complexity index is 744. The van der Waals surface area contributed by atoms with E-state index in [1.54, 1.807) is 0 Å². The van der Waals surface area contributed by atoms with Crippen molar-refractivity contribution in [3.05, 3.63) is 46.8 Å². The highest BCUT2D eigenvalue weighted by atomic mass is 16.5. The Hall–Kier alpha value is -2.34. The van der Waals surface area contributed by atoms with Gasteiger partial charge in [0.1, 0.15) is 18.1 Å². The zero-order chi connectivity index (χ0) is 19.2. The van der Waals surface area contributed by atoms with Crippen LogP contribution in [0.25, 0.3) is 0 Å². The molecule has 0 saturated carbocycles. The summed E-state index contributed by atoms with van der Waals surface area (Å²) in [7, 11) is 1.99. The normalized spacial score (nSPS) is 15.1. The van der Waals surface area contributed by atoms with Crippen molar-refractivity contribution in [3.63, 3.8) is 0 Å². The van der Waals surface area contributed by atoms with Crippen molar-refractivity contribution >= 4 is 5.91 Å². The smallest absolute Gasteiger partial charge is 0.253 e. The molecular weight excluding hydrogens is 342 g/mol. The maximum atomic E-state index is 12.8. The van der Waals surface area contributed by atoms with Gasteiger partial charge in [0.15, 0.2) is 0 Å². The Morgan fingerprint density at radius 2 is 2.11 bits per heavy atom. The molecule has 1 saturated heterocycles. The molecule has 1 amide bonds. The summed E-state index contributed by atoms with van der Waals surface area (Å²) in [5.74, 6) is 2.25. The molecule has 1 aliphatic rings. The second kappa shape index (κ2) is 9.04. The first-order valence-electron chi connectivity index (χ1n) is 9.67. The van der Waals surface area contributed by atoms with Crippen LogP contribution in [-0.4, -0.2) is 42.6 Å². The second-order valence-electron chi connectivity index (χ2n) is 7.25. The first kappa shape index (κ1) is 19.4. The van der Waals surface area contributed by atoms with Gasteiger partial charge in [0.2, 0.25) is 0 Å². The average Bonchev–Trinajstić information content (AvgIpc) is 3.02. The van der Waals surface area contributed by atoms with E-state index in [9.17, 15) is 4.79 Å². The fraction of sp³-hybridized carbons (Fsp3) is 0.524. The molecule has 0 atom stereocenters. The highest BCUT2D eigenvalue weighted by Gasteiger charge is 2.23. The number of aromatic nitrogens is 1. The first-order chi connectivity index (χ1) is 13.1. The minimum Gasteiger partial charge on any atom is -0.489 e. The van der Waals surface area contributed by atoms with Crippen molar-refractivity contribution in [1.29, 1.82) is 0 Å². The number of piperidine rings is 1. The van der Waals surface area contributed by atoms with Crippen LogP contribution in [0.4, 0.5) is 0 Å². The van der Waals surface area contributed by atoms with Gasteiger partial charge in [0.05, 0.1) is 11.3 Å². The Morgan fingerprint density at radius 1 is 1.33 bits per heavy atom. The maximum Gasteiger partial charge on any atom is 0.253 e. The van der Waals surface area contributed by atoms with Gasteiger partial charge in [-0.15, -0.1) is 0 Å². The van der Waals surface area contributed by atoms with Gasteiger partial charge in [0, 0.05) is 18.7 Å². The van der Waals surface area contributed by atoms with Crippen LogP contribution in [0.2, 0.25) is 0 Å². The van der Waals surface area contributed by atoms with E-state index in [1.807, 2.05) is 50.1 Å². The largest absolute Gasteiger partial charge is 0.489 e. The summed E-state index contributed by atoms with van der Waals surface area (Å²) in [4.78, 5) is 14.8. The van der Waals surface area contributed by atoms with Crippen LogP contribution in [0, 0.1) is 19.8 Å². The number of hydrogen-bond acceptors (Lipinski definition) is 5. The van der Waals surface area contributed by atoms with Crippen molar-refractivity contribution in [2.24, 2.45) is 5.92 Å². The lowest BCUT2D eigenvalue weighted by Crippen LogP contribution is -2.38. The van der Waals surface area contributed by atoms with Crippen LogP contribution in [0.5, 0.6) is 5.75 Å². The Labute approximate surface area is 160 Å². The monoisotopic (exact) mass is 371 g/mol. The van der Waals surface area contributed by atoms with Gasteiger partial charge in [-0.25, -0.2) is 0 Å². The molecule has 6 nitrogen and oxygen atoms in total. The number of nitrogens with one attached hydrogen (secondary N) is 1. The van der Waals surface area contributed by atoms with E-state index < -0.39 is 0 Å². The van der Waals surface area contributed by atoms with E-state index in [-0.39, 0.29) is 5.91 Å². The van der Waals surface area contributed by atoms with Gasteiger partial charge >= 0.3 is 0 Å². The van der Waals surface area contributed by atoms with Crippen molar-refractivity contribution < 1.29 is 14.1 Å². The zero-order valence-corrected chi connectivity index (χ0v) is 16.5. The Morgan fingerprint density at radius 3 is 2.78 bits per heavy atom. The predicted octanol–water partition coefficient (Wildman–Crippen LogP) is 3.33. The Balaban J connectivity index is 1.58. The quantitative estimate of drug-likeness (QED) is 0.809. The van der Waals surface area contributed by atoms with E-state index in [2.05, 4.69) is 10.5 Å². The summed E-state index contributed by atoms with van der Waals surface area (Å²) in [6.07, 6.45) is 3.34. The Kier molecular flexibility index (Phi) is 6.50. The molecule has 1 fully saturated rings. The number of benzene rings is 1. The minimum atomic E-state index is 0.0878.